The Morgan fingerprint density at radius 2 is 1.89 bits per heavy atom. The zero-order valence-corrected chi connectivity index (χ0v) is 27.1. The maximum atomic E-state index is 14.5. The van der Waals surface area contributed by atoms with Crippen LogP contribution in [0, 0.1) is 17.7 Å². The monoisotopic (exact) mass is 639 g/mol. The van der Waals surface area contributed by atoms with Crippen molar-refractivity contribution in [3.8, 4) is 22.5 Å². The lowest BCUT2D eigenvalue weighted by Crippen LogP contribution is -2.36. The molecule has 4 aromatic rings. The highest BCUT2D eigenvalue weighted by Crippen LogP contribution is 2.42. The number of aryl methyl sites for hydroxylation is 1. The molecule has 2 aliphatic heterocycles. The standard InChI is InChI=1S/C36H42FN7O3/c1-23-4-3-11-43(18-23)19-25-14-31(36(46)44(21-25)20-24-9-12-47-13-10-24)35(45)40-33-16-27(15-32(39-33)26-5-6-26)29-8-7-28(37)17-30(29)34-41-38-22-42(34)2/h7-8,14-17,21-24,26H,3-6,9-13,18-20H2,1-2H3,(H,39,40,45)/t23-/m0/s1. The van der Waals surface area contributed by atoms with E-state index in [1.807, 2.05) is 19.3 Å². The van der Waals surface area contributed by atoms with E-state index in [-0.39, 0.29) is 22.9 Å². The van der Waals surface area contributed by atoms with E-state index in [9.17, 15) is 14.0 Å². The van der Waals surface area contributed by atoms with Gasteiger partial charge in [0.15, 0.2) is 5.82 Å². The molecule has 0 bridgehead atoms. The minimum Gasteiger partial charge on any atom is -0.381 e. The van der Waals surface area contributed by atoms with Crippen molar-refractivity contribution < 1.29 is 13.9 Å². The molecule has 10 nitrogen and oxygen atoms in total. The second-order valence-electron chi connectivity index (χ2n) is 13.6. The van der Waals surface area contributed by atoms with Gasteiger partial charge >= 0.3 is 0 Å². The summed E-state index contributed by atoms with van der Waals surface area (Å²) in [5.74, 6) is 1.25. The number of hydrogen-bond donors (Lipinski definition) is 1. The molecule has 0 radical (unpaired) electrons. The predicted octanol–water partition coefficient (Wildman–Crippen LogP) is 5.63. The van der Waals surface area contributed by atoms with Crippen LogP contribution in [0.4, 0.5) is 10.2 Å². The zero-order valence-electron chi connectivity index (χ0n) is 27.1. The molecule has 1 amide bonds. The lowest BCUT2D eigenvalue weighted by molar-refractivity contribution is 0.0608. The Morgan fingerprint density at radius 1 is 1.06 bits per heavy atom. The number of carbonyl (C=O) groups is 1. The van der Waals surface area contributed by atoms with Gasteiger partial charge in [0, 0.05) is 63.3 Å². The summed E-state index contributed by atoms with van der Waals surface area (Å²) >= 11 is 0. The Hall–Kier alpha value is -4.22. The molecule has 1 atom stereocenters. The average molecular weight is 640 g/mol. The van der Waals surface area contributed by atoms with Gasteiger partial charge in [0.2, 0.25) is 0 Å². The number of piperidine rings is 1. The molecule has 2 saturated heterocycles. The molecule has 3 aliphatic rings. The largest absolute Gasteiger partial charge is 0.381 e. The molecule has 11 heteroatoms. The Balaban J connectivity index is 1.23. The van der Waals surface area contributed by atoms with E-state index < -0.39 is 5.91 Å². The number of ether oxygens (including phenoxy) is 1. The number of benzene rings is 1. The number of likely N-dealkylation sites (tertiary alicyclic amines) is 1. The van der Waals surface area contributed by atoms with Crippen molar-refractivity contribution >= 4 is 11.7 Å². The van der Waals surface area contributed by atoms with Gasteiger partial charge in [0.25, 0.3) is 11.5 Å². The molecule has 246 valence electrons. The van der Waals surface area contributed by atoms with Crippen molar-refractivity contribution in [2.75, 3.05) is 31.6 Å². The van der Waals surface area contributed by atoms with Crippen LogP contribution in [0.5, 0.6) is 0 Å². The number of anilines is 1. The maximum absolute atomic E-state index is 14.5. The lowest BCUT2D eigenvalue weighted by atomic mass is 9.98. The fourth-order valence-corrected chi connectivity index (χ4v) is 7.00. The van der Waals surface area contributed by atoms with Crippen LogP contribution in [0.2, 0.25) is 0 Å². The first-order valence-corrected chi connectivity index (χ1v) is 16.8. The van der Waals surface area contributed by atoms with E-state index in [2.05, 4.69) is 27.3 Å². The summed E-state index contributed by atoms with van der Waals surface area (Å²) in [7, 11) is 1.81. The van der Waals surface area contributed by atoms with Crippen LogP contribution in [0.1, 0.15) is 73.0 Å². The summed E-state index contributed by atoms with van der Waals surface area (Å²) < 4.78 is 23.5. The molecular weight excluding hydrogens is 597 g/mol. The van der Waals surface area contributed by atoms with Gasteiger partial charge in [0.1, 0.15) is 23.5 Å². The van der Waals surface area contributed by atoms with Crippen LogP contribution in [0.25, 0.3) is 22.5 Å². The van der Waals surface area contributed by atoms with Crippen LogP contribution < -0.4 is 10.9 Å². The molecule has 1 saturated carbocycles. The highest BCUT2D eigenvalue weighted by Gasteiger charge is 2.28. The Labute approximate surface area is 274 Å². The predicted molar refractivity (Wildman–Crippen MR) is 177 cm³/mol. The first-order valence-electron chi connectivity index (χ1n) is 16.8. The highest BCUT2D eigenvalue weighted by molar-refractivity contribution is 6.04. The summed E-state index contributed by atoms with van der Waals surface area (Å²) in [6.07, 6.45) is 9.70. The third kappa shape index (κ3) is 7.21. The number of aromatic nitrogens is 5. The van der Waals surface area contributed by atoms with Crippen molar-refractivity contribution in [2.24, 2.45) is 18.9 Å². The maximum Gasteiger partial charge on any atom is 0.263 e. The smallest absolute Gasteiger partial charge is 0.263 e. The first kappa shape index (κ1) is 31.4. The van der Waals surface area contributed by atoms with Gasteiger partial charge in [-0.3, -0.25) is 14.5 Å². The third-order valence-electron chi connectivity index (χ3n) is 9.66. The molecule has 7 rings (SSSR count). The molecule has 3 aromatic heterocycles. The molecule has 0 unspecified atom stereocenters. The van der Waals surface area contributed by atoms with Gasteiger partial charge in [-0.15, -0.1) is 10.2 Å². The van der Waals surface area contributed by atoms with Gasteiger partial charge in [0.05, 0.1) is 0 Å². The van der Waals surface area contributed by atoms with Crippen LogP contribution in [0.3, 0.4) is 0 Å². The van der Waals surface area contributed by atoms with E-state index >= 15 is 0 Å². The van der Waals surface area contributed by atoms with E-state index in [0.29, 0.717) is 55.3 Å². The zero-order chi connectivity index (χ0) is 32.5. The number of nitrogens with zero attached hydrogens (tertiary/aromatic N) is 6. The summed E-state index contributed by atoms with van der Waals surface area (Å²) in [6, 6.07) is 10.1. The van der Waals surface area contributed by atoms with Crippen molar-refractivity contribution in [1.29, 1.82) is 0 Å². The van der Waals surface area contributed by atoms with Crippen molar-refractivity contribution in [2.45, 2.75) is 64.5 Å². The summed E-state index contributed by atoms with van der Waals surface area (Å²) in [5.41, 5.74) is 3.74. The van der Waals surface area contributed by atoms with E-state index in [1.54, 1.807) is 33.7 Å². The van der Waals surface area contributed by atoms with E-state index in [1.165, 1.54) is 18.6 Å². The Morgan fingerprint density at radius 3 is 2.64 bits per heavy atom. The van der Waals surface area contributed by atoms with Crippen LogP contribution in [0.15, 0.2) is 53.7 Å². The molecule has 5 heterocycles. The summed E-state index contributed by atoms with van der Waals surface area (Å²) in [4.78, 5) is 35.1. The Kier molecular flexibility index (Phi) is 9.00. The molecule has 1 aromatic carbocycles. The number of hydrogen-bond acceptors (Lipinski definition) is 7. The molecular formula is C36H42FN7O3. The van der Waals surface area contributed by atoms with Gasteiger partial charge in [-0.2, -0.15) is 0 Å². The van der Waals surface area contributed by atoms with Crippen molar-refractivity contribution in [3.63, 3.8) is 0 Å². The SMILES string of the molecule is C[C@H]1CCCN(Cc2cc(C(=O)Nc3cc(-c4ccc(F)cc4-c4nncn4C)cc(C4CC4)n3)c(=O)n(CC3CCOCC3)c2)C1. The highest BCUT2D eigenvalue weighted by atomic mass is 19.1. The second-order valence-corrected chi connectivity index (χ2v) is 13.6. The van der Waals surface area contributed by atoms with Crippen LogP contribution >= 0.6 is 0 Å². The van der Waals surface area contributed by atoms with Crippen molar-refractivity contribution in [3.05, 3.63) is 81.9 Å². The van der Waals surface area contributed by atoms with Crippen molar-refractivity contribution in [1.82, 2.24) is 29.2 Å². The van der Waals surface area contributed by atoms with Crippen LogP contribution in [-0.2, 0) is 24.9 Å². The average Bonchev–Trinajstić information content (AvgIpc) is 3.83. The number of nitrogens with one attached hydrogen (secondary N) is 1. The fourth-order valence-electron chi connectivity index (χ4n) is 7.00. The van der Waals surface area contributed by atoms with Gasteiger partial charge < -0.3 is 19.2 Å². The van der Waals surface area contributed by atoms with Gasteiger partial charge in [-0.25, -0.2) is 9.37 Å². The third-order valence-corrected chi connectivity index (χ3v) is 9.66. The quantitative estimate of drug-likeness (QED) is 0.253. The van der Waals surface area contributed by atoms with Gasteiger partial charge in [-0.05, 0) is 104 Å². The van der Waals surface area contributed by atoms with Crippen LogP contribution in [-0.4, -0.2) is 61.4 Å². The van der Waals surface area contributed by atoms with E-state index in [4.69, 9.17) is 9.72 Å². The van der Waals surface area contributed by atoms with E-state index in [0.717, 1.165) is 67.6 Å². The Bertz CT molecular complexity index is 1830. The number of rotatable bonds is 9. The number of halogens is 1. The fraction of sp³-hybridized carbons (Fsp3) is 0.472. The summed E-state index contributed by atoms with van der Waals surface area (Å²) in [5, 5.41) is 11.2. The minimum atomic E-state index is -0.483. The molecule has 0 spiro atoms. The topological polar surface area (TPSA) is 107 Å². The minimum absolute atomic E-state index is 0.112. The normalized spacial score (nSPS) is 19.2. The number of carbonyl (C=O) groups excluding carboxylic acids is 1. The lowest BCUT2D eigenvalue weighted by Gasteiger charge is -2.31. The molecule has 3 fully saturated rings. The number of amides is 1. The molecule has 47 heavy (non-hydrogen) atoms. The summed E-state index contributed by atoms with van der Waals surface area (Å²) in [6.45, 7) is 6.91. The van der Waals surface area contributed by atoms with Gasteiger partial charge in [-0.1, -0.05) is 13.0 Å². The first-order chi connectivity index (χ1) is 22.8. The molecule has 1 aliphatic carbocycles. The second kappa shape index (κ2) is 13.5. The molecule has 1 N–H and O–H groups in total. The number of pyridine rings is 2.